The van der Waals surface area contributed by atoms with Gasteiger partial charge >= 0.3 is 6.18 Å². The Morgan fingerprint density at radius 1 is 1.07 bits per heavy atom. The first-order chi connectivity index (χ1) is 14.3. The van der Waals surface area contributed by atoms with Gasteiger partial charge in [-0.2, -0.15) is 18.3 Å². The Labute approximate surface area is 176 Å². The van der Waals surface area contributed by atoms with Crippen molar-refractivity contribution in [2.24, 2.45) is 5.92 Å². The molecule has 0 spiro atoms. The van der Waals surface area contributed by atoms with E-state index in [0.717, 1.165) is 18.9 Å². The molecule has 0 amide bonds. The molecule has 1 saturated carbocycles. The van der Waals surface area contributed by atoms with Crippen molar-refractivity contribution in [1.82, 2.24) is 14.8 Å². The maximum Gasteiger partial charge on any atom is 0.416 e. The highest BCUT2D eigenvalue weighted by Crippen LogP contribution is 2.52. The molecule has 5 nitrogen and oxygen atoms in total. The van der Waals surface area contributed by atoms with Crippen molar-refractivity contribution in [3.8, 4) is 11.5 Å². The SMILES string of the molecule is CO[C@](Cn1cncn1)(c1ccc(Oc2ccc(Cl)cc2)cc1C(F)(F)F)C1CC1. The molecule has 1 heterocycles. The van der Waals surface area contributed by atoms with Gasteiger partial charge < -0.3 is 9.47 Å². The maximum absolute atomic E-state index is 14.1. The van der Waals surface area contributed by atoms with Gasteiger partial charge in [0.1, 0.15) is 29.8 Å². The van der Waals surface area contributed by atoms with Crippen LogP contribution >= 0.6 is 11.6 Å². The van der Waals surface area contributed by atoms with E-state index >= 15 is 0 Å². The lowest BCUT2D eigenvalue weighted by Crippen LogP contribution is -2.38. The summed E-state index contributed by atoms with van der Waals surface area (Å²) < 4.78 is 55.2. The van der Waals surface area contributed by atoms with Crippen LogP contribution in [0.15, 0.2) is 55.1 Å². The van der Waals surface area contributed by atoms with Crippen LogP contribution < -0.4 is 4.74 Å². The van der Waals surface area contributed by atoms with Crippen LogP contribution in [0, 0.1) is 5.92 Å². The van der Waals surface area contributed by atoms with Crippen molar-refractivity contribution in [1.29, 1.82) is 0 Å². The summed E-state index contributed by atoms with van der Waals surface area (Å²) in [6, 6.07) is 10.4. The fourth-order valence-electron chi connectivity index (χ4n) is 3.71. The zero-order valence-corrected chi connectivity index (χ0v) is 16.8. The predicted molar refractivity (Wildman–Crippen MR) is 104 cm³/mol. The summed E-state index contributed by atoms with van der Waals surface area (Å²) in [6.45, 7) is 0.134. The Balaban J connectivity index is 1.76. The number of halogens is 4. The van der Waals surface area contributed by atoms with Gasteiger partial charge in [0, 0.05) is 12.1 Å². The molecule has 1 aliphatic rings. The van der Waals surface area contributed by atoms with Crippen LogP contribution in [-0.2, 0) is 23.1 Å². The van der Waals surface area contributed by atoms with Gasteiger partial charge in [0.2, 0.25) is 0 Å². The van der Waals surface area contributed by atoms with Crippen molar-refractivity contribution in [3.63, 3.8) is 0 Å². The van der Waals surface area contributed by atoms with Gasteiger partial charge in [0.25, 0.3) is 0 Å². The van der Waals surface area contributed by atoms with E-state index in [1.807, 2.05) is 0 Å². The van der Waals surface area contributed by atoms with E-state index in [1.165, 1.54) is 36.6 Å². The maximum atomic E-state index is 14.1. The fraction of sp³-hybridized carbons (Fsp3) is 0.333. The normalized spacial score (nSPS) is 16.3. The van der Waals surface area contributed by atoms with E-state index in [-0.39, 0.29) is 23.8 Å². The fourth-order valence-corrected chi connectivity index (χ4v) is 3.84. The van der Waals surface area contributed by atoms with Crippen molar-refractivity contribution in [2.45, 2.75) is 31.2 Å². The van der Waals surface area contributed by atoms with Crippen LogP contribution in [-0.4, -0.2) is 21.9 Å². The third-order valence-corrected chi connectivity index (χ3v) is 5.52. The molecule has 0 unspecified atom stereocenters. The first-order valence-electron chi connectivity index (χ1n) is 9.34. The van der Waals surface area contributed by atoms with Gasteiger partial charge in [-0.05, 0) is 60.7 Å². The average molecular weight is 438 g/mol. The summed E-state index contributed by atoms with van der Waals surface area (Å²) in [5.41, 5.74) is -1.89. The van der Waals surface area contributed by atoms with Gasteiger partial charge in [-0.3, -0.25) is 0 Å². The highest BCUT2D eigenvalue weighted by atomic mass is 35.5. The zero-order chi connectivity index (χ0) is 21.4. The number of aromatic nitrogens is 3. The minimum atomic E-state index is -4.59. The predicted octanol–water partition coefficient (Wildman–Crippen LogP) is 5.69. The van der Waals surface area contributed by atoms with Crippen LogP contribution in [0.5, 0.6) is 11.5 Å². The lowest BCUT2D eigenvalue weighted by molar-refractivity contribution is -0.143. The summed E-state index contributed by atoms with van der Waals surface area (Å²) in [5, 5.41) is 4.58. The lowest BCUT2D eigenvalue weighted by atomic mass is 9.84. The van der Waals surface area contributed by atoms with Crippen molar-refractivity contribution in [2.75, 3.05) is 7.11 Å². The first-order valence-corrected chi connectivity index (χ1v) is 9.72. The van der Waals surface area contributed by atoms with E-state index < -0.39 is 17.3 Å². The topological polar surface area (TPSA) is 49.2 Å². The second-order valence-corrected chi connectivity index (χ2v) is 7.66. The van der Waals surface area contributed by atoms with E-state index in [0.29, 0.717) is 10.8 Å². The molecule has 3 aromatic rings. The Bertz CT molecular complexity index is 1010. The molecule has 0 aliphatic heterocycles. The molecule has 0 bridgehead atoms. The van der Waals surface area contributed by atoms with Gasteiger partial charge in [-0.15, -0.1) is 0 Å². The number of alkyl halides is 3. The summed E-state index contributed by atoms with van der Waals surface area (Å²) in [4.78, 5) is 3.90. The zero-order valence-electron chi connectivity index (χ0n) is 16.1. The second kappa shape index (κ2) is 7.92. The van der Waals surface area contributed by atoms with E-state index in [9.17, 15) is 13.2 Å². The van der Waals surface area contributed by atoms with Crippen molar-refractivity contribution in [3.05, 3.63) is 71.3 Å². The van der Waals surface area contributed by atoms with Gasteiger partial charge in [-0.1, -0.05) is 17.7 Å². The Hall–Kier alpha value is -2.58. The van der Waals surface area contributed by atoms with E-state index in [4.69, 9.17) is 21.1 Å². The largest absolute Gasteiger partial charge is 0.457 e. The van der Waals surface area contributed by atoms with E-state index in [1.54, 1.807) is 24.3 Å². The standard InChI is InChI=1S/C21H19ClF3N3O2/c1-29-20(14-2-3-14,11-28-13-26-12-27-28)18-9-8-17(10-19(18)21(23,24)25)30-16-6-4-15(22)5-7-16/h4-10,12-14H,2-3,11H2,1H3/t20-/m0/s1. The number of rotatable bonds is 7. The molecule has 1 fully saturated rings. The Kier molecular flexibility index (Phi) is 5.46. The van der Waals surface area contributed by atoms with Gasteiger partial charge in [0.05, 0.1) is 12.1 Å². The molecule has 4 rings (SSSR count). The molecule has 1 atom stereocenters. The quantitative estimate of drug-likeness (QED) is 0.476. The molecule has 1 aromatic heterocycles. The smallest absolute Gasteiger partial charge is 0.416 e. The summed E-state index contributed by atoms with van der Waals surface area (Å²) in [6.07, 6.45) is -0.204. The number of hydrogen-bond acceptors (Lipinski definition) is 4. The van der Waals surface area contributed by atoms with Crippen LogP contribution in [0.3, 0.4) is 0 Å². The van der Waals surface area contributed by atoms with Crippen LogP contribution in [0.25, 0.3) is 0 Å². The molecule has 30 heavy (non-hydrogen) atoms. The Morgan fingerprint density at radius 3 is 2.33 bits per heavy atom. The number of hydrogen-bond donors (Lipinski definition) is 0. The molecule has 0 saturated heterocycles. The van der Waals surface area contributed by atoms with Crippen LogP contribution in [0.2, 0.25) is 5.02 Å². The summed E-state index contributed by atoms with van der Waals surface area (Å²) in [7, 11) is 1.44. The molecular weight excluding hydrogens is 419 g/mol. The Morgan fingerprint density at radius 2 is 1.77 bits per heavy atom. The van der Waals surface area contributed by atoms with E-state index in [2.05, 4.69) is 10.1 Å². The molecule has 0 radical (unpaired) electrons. The van der Waals surface area contributed by atoms with Gasteiger partial charge in [0.15, 0.2) is 0 Å². The molecule has 2 aromatic carbocycles. The monoisotopic (exact) mass is 437 g/mol. The summed E-state index contributed by atoms with van der Waals surface area (Å²) >= 11 is 5.85. The second-order valence-electron chi connectivity index (χ2n) is 7.22. The minimum Gasteiger partial charge on any atom is -0.457 e. The lowest BCUT2D eigenvalue weighted by Gasteiger charge is -2.35. The molecule has 1 aliphatic carbocycles. The van der Waals surface area contributed by atoms with Crippen molar-refractivity contribution >= 4 is 11.6 Å². The highest BCUT2D eigenvalue weighted by molar-refractivity contribution is 6.30. The number of methoxy groups -OCH3 is 1. The van der Waals surface area contributed by atoms with Crippen LogP contribution in [0.4, 0.5) is 13.2 Å². The number of nitrogens with zero attached hydrogens (tertiary/aromatic N) is 3. The highest BCUT2D eigenvalue weighted by Gasteiger charge is 2.51. The molecule has 0 N–H and O–H groups in total. The van der Waals surface area contributed by atoms with Gasteiger partial charge in [-0.25, -0.2) is 9.67 Å². The minimum absolute atomic E-state index is 0.0455. The first kappa shape index (κ1) is 20.7. The number of benzene rings is 2. The van der Waals surface area contributed by atoms with Crippen LogP contribution in [0.1, 0.15) is 24.0 Å². The van der Waals surface area contributed by atoms with Crippen molar-refractivity contribution < 1.29 is 22.6 Å². The molecular formula is C21H19ClF3N3O2. The number of ether oxygens (including phenoxy) is 2. The average Bonchev–Trinajstić information content (AvgIpc) is 3.45. The summed E-state index contributed by atoms with van der Waals surface area (Å²) in [5.74, 6) is 0.425. The molecule has 9 heteroatoms. The third-order valence-electron chi connectivity index (χ3n) is 5.27. The third kappa shape index (κ3) is 4.15. The molecule has 158 valence electrons.